The number of carbonyl (C=O) groups is 1. The molecule has 0 spiro atoms. The van der Waals surface area contributed by atoms with Gasteiger partial charge in [0.25, 0.3) is 5.91 Å². The summed E-state index contributed by atoms with van der Waals surface area (Å²) < 4.78 is 0. The number of hydrogen-bond donors (Lipinski definition) is 1. The number of fused-ring (bicyclic) bond motifs is 2. The maximum absolute atomic E-state index is 13.5. The van der Waals surface area contributed by atoms with E-state index in [0.29, 0.717) is 12.1 Å². The van der Waals surface area contributed by atoms with Crippen molar-refractivity contribution in [1.29, 1.82) is 0 Å². The van der Waals surface area contributed by atoms with Gasteiger partial charge in [-0.2, -0.15) is 0 Å². The molecule has 0 bridgehead atoms. The van der Waals surface area contributed by atoms with E-state index >= 15 is 0 Å². The van der Waals surface area contributed by atoms with Crippen molar-refractivity contribution >= 4 is 22.5 Å². The number of para-hydroxylation sites is 1. The Hall–Kier alpha value is -3.57. The molecule has 0 saturated heterocycles. The van der Waals surface area contributed by atoms with Crippen molar-refractivity contribution in [3.8, 4) is 11.1 Å². The number of nitrogens with zero attached hydrogens (tertiary/aromatic N) is 3. The third kappa shape index (κ3) is 5.00. The smallest absolute Gasteiger partial charge is 0.259 e. The Morgan fingerprint density at radius 1 is 0.853 bits per heavy atom. The molecule has 5 rings (SSSR count). The van der Waals surface area contributed by atoms with Crippen LogP contribution in [0.1, 0.15) is 48.0 Å². The molecule has 3 heterocycles. The van der Waals surface area contributed by atoms with Crippen LogP contribution in [0.15, 0.2) is 79.3 Å². The van der Waals surface area contributed by atoms with E-state index in [1.54, 1.807) is 12.4 Å². The van der Waals surface area contributed by atoms with Gasteiger partial charge in [0.05, 0.1) is 11.1 Å². The number of amides is 1. The fraction of sp³-hybridized carbons (Fsp3) is 0.276. The molecule has 2 aromatic heterocycles. The first-order valence-corrected chi connectivity index (χ1v) is 12.2. The molecule has 2 aromatic carbocycles. The topological polar surface area (TPSA) is 58.1 Å². The minimum atomic E-state index is 0.00605. The van der Waals surface area contributed by atoms with Gasteiger partial charge in [0.15, 0.2) is 0 Å². The van der Waals surface area contributed by atoms with Crippen LogP contribution in [0.3, 0.4) is 0 Å². The molecule has 0 saturated carbocycles. The van der Waals surface area contributed by atoms with Crippen LogP contribution in [0.25, 0.3) is 22.0 Å². The van der Waals surface area contributed by atoms with E-state index < -0.39 is 0 Å². The second-order valence-electron chi connectivity index (χ2n) is 8.90. The zero-order chi connectivity index (χ0) is 23.2. The molecular formula is C29H30N4O. The first kappa shape index (κ1) is 22.2. The summed E-state index contributed by atoms with van der Waals surface area (Å²) in [6.45, 7) is 2.41. The van der Waals surface area contributed by atoms with Gasteiger partial charge in [0.1, 0.15) is 0 Å². The molecule has 5 nitrogen and oxygen atoms in total. The van der Waals surface area contributed by atoms with Crippen LogP contribution in [-0.2, 0) is 6.54 Å². The first-order valence-electron chi connectivity index (χ1n) is 12.2. The predicted molar refractivity (Wildman–Crippen MR) is 138 cm³/mol. The van der Waals surface area contributed by atoms with Gasteiger partial charge >= 0.3 is 0 Å². The van der Waals surface area contributed by atoms with Crippen molar-refractivity contribution in [3.63, 3.8) is 0 Å². The molecule has 0 unspecified atom stereocenters. The molecule has 172 valence electrons. The van der Waals surface area contributed by atoms with Crippen molar-refractivity contribution in [2.45, 2.75) is 38.6 Å². The molecule has 5 heteroatoms. The second kappa shape index (κ2) is 10.6. The number of nitrogens with one attached hydrogen (secondary N) is 1. The molecule has 0 atom stereocenters. The highest BCUT2D eigenvalue weighted by Crippen LogP contribution is 2.30. The Kier molecular flexibility index (Phi) is 6.91. The first-order chi connectivity index (χ1) is 16.8. The zero-order valence-corrected chi connectivity index (χ0v) is 19.4. The summed E-state index contributed by atoms with van der Waals surface area (Å²) in [4.78, 5) is 24.3. The van der Waals surface area contributed by atoms with Crippen molar-refractivity contribution in [2.24, 2.45) is 0 Å². The molecule has 1 N–H and O–H groups in total. The lowest BCUT2D eigenvalue weighted by atomic mass is 10.00. The second-order valence-corrected chi connectivity index (χ2v) is 8.90. The lowest BCUT2D eigenvalue weighted by Crippen LogP contribution is -2.33. The van der Waals surface area contributed by atoms with Crippen LogP contribution in [0.4, 0.5) is 5.69 Å². The molecular weight excluding hydrogens is 420 g/mol. The average Bonchev–Trinajstić information content (AvgIpc) is 2.89. The Morgan fingerprint density at radius 3 is 2.65 bits per heavy atom. The van der Waals surface area contributed by atoms with Gasteiger partial charge < -0.3 is 10.2 Å². The molecule has 0 fully saturated rings. The summed E-state index contributed by atoms with van der Waals surface area (Å²) in [6, 6.07) is 20.4. The fourth-order valence-corrected chi connectivity index (χ4v) is 4.65. The number of benzene rings is 2. The summed E-state index contributed by atoms with van der Waals surface area (Å²) in [5.41, 5.74) is 5.91. The van der Waals surface area contributed by atoms with Crippen molar-refractivity contribution in [1.82, 2.24) is 15.3 Å². The normalized spacial score (nSPS) is 15.2. The van der Waals surface area contributed by atoms with Gasteiger partial charge in [0, 0.05) is 48.3 Å². The molecule has 1 aliphatic heterocycles. The van der Waals surface area contributed by atoms with Crippen LogP contribution in [-0.4, -0.2) is 29.0 Å². The molecule has 0 aliphatic carbocycles. The maximum atomic E-state index is 13.5. The Bertz CT molecular complexity index is 1270. The van der Waals surface area contributed by atoms with Crippen molar-refractivity contribution in [2.75, 3.05) is 18.0 Å². The third-order valence-electron chi connectivity index (χ3n) is 6.50. The molecule has 1 aliphatic rings. The van der Waals surface area contributed by atoms with Crippen LogP contribution in [0.2, 0.25) is 0 Å². The summed E-state index contributed by atoms with van der Waals surface area (Å²) in [5.74, 6) is 0.00605. The van der Waals surface area contributed by atoms with Gasteiger partial charge in [-0.3, -0.25) is 14.8 Å². The van der Waals surface area contributed by atoms with Gasteiger partial charge in [-0.25, -0.2) is 0 Å². The monoisotopic (exact) mass is 450 g/mol. The van der Waals surface area contributed by atoms with Gasteiger partial charge in [0.2, 0.25) is 0 Å². The lowest BCUT2D eigenvalue weighted by molar-refractivity contribution is 0.0986. The summed E-state index contributed by atoms with van der Waals surface area (Å²) in [7, 11) is 0. The Balaban J connectivity index is 1.55. The van der Waals surface area contributed by atoms with Crippen molar-refractivity contribution in [3.05, 3.63) is 90.4 Å². The fourth-order valence-electron chi connectivity index (χ4n) is 4.65. The summed E-state index contributed by atoms with van der Waals surface area (Å²) in [5, 5.41) is 4.73. The van der Waals surface area contributed by atoms with E-state index in [2.05, 4.69) is 45.6 Å². The van der Waals surface area contributed by atoms with E-state index in [1.165, 1.54) is 19.3 Å². The third-order valence-corrected chi connectivity index (χ3v) is 6.50. The zero-order valence-electron chi connectivity index (χ0n) is 19.4. The summed E-state index contributed by atoms with van der Waals surface area (Å²) in [6.07, 6.45) is 11.0. The van der Waals surface area contributed by atoms with Crippen molar-refractivity contribution < 1.29 is 4.79 Å². The van der Waals surface area contributed by atoms with Gasteiger partial charge in [-0.15, -0.1) is 0 Å². The highest BCUT2D eigenvalue weighted by atomic mass is 16.2. The number of carbonyl (C=O) groups excluding carboxylic acids is 1. The highest BCUT2D eigenvalue weighted by molar-refractivity contribution is 6.06. The molecule has 0 radical (unpaired) electrons. The van der Waals surface area contributed by atoms with Gasteiger partial charge in [-0.05, 0) is 66.9 Å². The standard InChI is InChI=1S/C29H30N4O/c34-29(24-10-8-15-31-19-24)33-16-7-3-1-2-6-14-30-20-26-17-22(12-13-28(26)33)25-18-23-9-4-5-11-27(23)32-21-25/h4-5,8-13,15,17-19,21,30H,1-3,6-7,14,16,20H2. The van der Waals surface area contributed by atoms with E-state index in [4.69, 9.17) is 0 Å². The molecule has 4 aromatic rings. The minimum Gasteiger partial charge on any atom is -0.313 e. The van der Waals surface area contributed by atoms with Crippen LogP contribution in [0.5, 0.6) is 0 Å². The van der Waals surface area contributed by atoms with E-state index in [-0.39, 0.29) is 5.91 Å². The maximum Gasteiger partial charge on any atom is 0.259 e. The Labute approximate surface area is 200 Å². The van der Waals surface area contributed by atoms with E-state index in [1.807, 2.05) is 41.4 Å². The highest BCUT2D eigenvalue weighted by Gasteiger charge is 2.21. The molecule has 1 amide bonds. The van der Waals surface area contributed by atoms with E-state index in [0.717, 1.165) is 59.2 Å². The number of anilines is 1. The predicted octanol–water partition coefficient (Wildman–Crippen LogP) is 6.00. The number of aromatic nitrogens is 2. The lowest BCUT2D eigenvalue weighted by Gasteiger charge is -2.27. The van der Waals surface area contributed by atoms with Crippen LogP contribution < -0.4 is 10.2 Å². The quantitative estimate of drug-likeness (QED) is 0.407. The number of rotatable bonds is 2. The Morgan fingerprint density at radius 2 is 1.74 bits per heavy atom. The average molecular weight is 451 g/mol. The SMILES string of the molecule is O=C(c1cccnc1)N1CCCCCCCNCc2cc(-c3cnc4ccccc4c3)ccc21. The van der Waals surface area contributed by atoms with Gasteiger partial charge in [-0.1, -0.05) is 43.5 Å². The number of hydrogen-bond acceptors (Lipinski definition) is 4. The van der Waals surface area contributed by atoms with E-state index in [9.17, 15) is 4.79 Å². The van der Waals surface area contributed by atoms with Crippen LogP contribution in [0, 0.1) is 0 Å². The minimum absolute atomic E-state index is 0.00605. The largest absolute Gasteiger partial charge is 0.313 e. The number of pyridine rings is 2. The van der Waals surface area contributed by atoms with Crippen LogP contribution >= 0.6 is 0 Å². The molecule has 34 heavy (non-hydrogen) atoms. The summed E-state index contributed by atoms with van der Waals surface area (Å²) >= 11 is 0.